The molecule has 8 heteroatoms. The number of rotatable bonds is 10. The van der Waals surface area contributed by atoms with Crippen LogP contribution in [0.25, 0.3) is 0 Å². The van der Waals surface area contributed by atoms with Crippen LogP contribution in [0, 0.1) is 5.92 Å². The second kappa shape index (κ2) is 14.4. The van der Waals surface area contributed by atoms with Gasteiger partial charge in [0.1, 0.15) is 12.1 Å². The summed E-state index contributed by atoms with van der Waals surface area (Å²) in [6.07, 6.45) is 2.12. The molecule has 3 N–H and O–H groups in total. The van der Waals surface area contributed by atoms with Crippen molar-refractivity contribution in [1.82, 2.24) is 25.8 Å². The van der Waals surface area contributed by atoms with Crippen LogP contribution >= 0.6 is 0 Å². The third-order valence-electron chi connectivity index (χ3n) is 8.65. The van der Waals surface area contributed by atoms with Gasteiger partial charge in [-0.2, -0.15) is 0 Å². The van der Waals surface area contributed by atoms with E-state index in [4.69, 9.17) is 0 Å². The molecule has 0 saturated carbocycles. The van der Waals surface area contributed by atoms with E-state index in [1.54, 1.807) is 4.90 Å². The number of nitrogens with zero attached hydrogens (tertiary/aromatic N) is 2. The Balaban J connectivity index is 1.38. The lowest BCUT2D eigenvalue weighted by Gasteiger charge is -2.39. The zero-order valence-electron chi connectivity index (χ0n) is 25.1. The highest BCUT2D eigenvalue weighted by atomic mass is 16.2. The SMILES string of the molecule is CNC[C@@H](C)C(=O)N[C@H]1CN(Cc2ccccc2)CC[C@H]2CC[C@@H](C(=O)NC(c3ccccc3)c3ccccc3)N2C1=O. The average molecular weight is 582 g/mol. The largest absolute Gasteiger partial charge is 0.343 e. The van der Waals surface area contributed by atoms with Crippen LogP contribution in [0.4, 0.5) is 0 Å². The van der Waals surface area contributed by atoms with Gasteiger partial charge in [-0.1, -0.05) is 97.9 Å². The summed E-state index contributed by atoms with van der Waals surface area (Å²) in [6, 6.07) is 28.3. The van der Waals surface area contributed by atoms with E-state index < -0.39 is 12.1 Å². The maximum atomic E-state index is 14.3. The third kappa shape index (κ3) is 7.50. The number of hydrogen-bond donors (Lipinski definition) is 3. The van der Waals surface area contributed by atoms with Crippen molar-refractivity contribution in [1.29, 1.82) is 0 Å². The van der Waals surface area contributed by atoms with Crippen molar-refractivity contribution in [3.8, 4) is 0 Å². The first-order valence-corrected chi connectivity index (χ1v) is 15.4. The van der Waals surface area contributed by atoms with Gasteiger partial charge in [0.25, 0.3) is 0 Å². The molecule has 43 heavy (non-hydrogen) atoms. The molecule has 2 aliphatic rings. The first kappa shape index (κ1) is 30.4. The zero-order chi connectivity index (χ0) is 30.2. The Morgan fingerprint density at radius 3 is 2.07 bits per heavy atom. The molecule has 3 amide bonds. The molecule has 0 bridgehead atoms. The fourth-order valence-corrected chi connectivity index (χ4v) is 6.39. The quantitative estimate of drug-likeness (QED) is 0.341. The van der Waals surface area contributed by atoms with E-state index in [0.717, 1.165) is 36.1 Å². The van der Waals surface area contributed by atoms with Gasteiger partial charge in [0.05, 0.1) is 6.04 Å². The Labute approximate surface area is 254 Å². The van der Waals surface area contributed by atoms with E-state index in [9.17, 15) is 14.4 Å². The minimum absolute atomic E-state index is 0.0668. The van der Waals surface area contributed by atoms with E-state index in [1.807, 2.05) is 92.8 Å². The number of amides is 3. The second-order valence-electron chi connectivity index (χ2n) is 11.8. The van der Waals surface area contributed by atoms with Crippen LogP contribution in [0.3, 0.4) is 0 Å². The van der Waals surface area contributed by atoms with Gasteiger partial charge < -0.3 is 20.9 Å². The summed E-state index contributed by atoms with van der Waals surface area (Å²) in [5.74, 6) is -0.806. The van der Waals surface area contributed by atoms with Gasteiger partial charge >= 0.3 is 0 Å². The van der Waals surface area contributed by atoms with Crippen molar-refractivity contribution < 1.29 is 14.4 Å². The summed E-state index contributed by atoms with van der Waals surface area (Å²) in [6.45, 7) is 4.22. The lowest BCUT2D eigenvalue weighted by atomic mass is 9.98. The fraction of sp³-hybridized carbons (Fsp3) is 0.400. The Morgan fingerprint density at radius 1 is 0.860 bits per heavy atom. The van der Waals surface area contributed by atoms with Gasteiger partial charge in [0.2, 0.25) is 17.7 Å². The standard InChI is InChI=1S/C35H43N5O3/c1-25(22-36-2)33(41)37-30-24-39(23-26-12-6-3-7-13-26)21-20-29-18-19-31(40(29)35(30)43)34(42)38-32(27-14-8-4-9-15-27)28-16-10-5-11-17-28/h3-17,25,29-32,36H,18-24H2,1-2H3,(H,37,41)(H,38,42)/t25-,29-,30+,31+/m1/s1. The fourth-order valence-electron chi connectivity index (χ4n) is 6.39. The smallest absolute Gasteiger partial charge is 0.247 e. The molecule has 0 aliphatic carbocycles. The molecule has 2 aliphatic heterocycles. The lowest BCUT2D eigenvalue weighted by Crippen LogP contribution is -2.61. The van der Waals surface area contributed by atoms with E-state index in [-0.39, 0.29) is 35.7 Å². The number of benzene rings is 3. The van der Waals surface area contributed by atoms with Crippen molar-refractivity contribution in [2.24, 2.45) is 5.92 Å². The van der Waals surface area contributed by atoms with E-state index >= 15 is 0 Å². The Morgan fingerprint density at radius 2 is 1.47 bits per heavy atom. The van der Waals surface area contributed by atoms with E-state index in [1.165, 1.54) is 0 Å². The van der Waals surface area contributed by atoms with Crippen LogP contribution in [0.2, 0.25) is 0 Å². The molecule has 226 valence electrons. The second-order valence-corrected chi connectivity index (χ2v) is 11.8. The molecule has 0 spiro atoms. The summed E-state index contributed by atoms with van der Waals surface area (Å²) in [5, 5.41) is 9.38. The van der Waals surface area contributed by atoms with Crippen molar-refractivity contribution in [2.75, 3.05) is 26.7 Å². The molecular formula is C35H43N5O3. The molecule has 0 unspecified atom stereocenters. The third-order valence-corrected chi connectivity index (χ3v) is 8.65. The van der Waals surface area contributed by atoms with E-state index in [2.05, 4.69) is 33.0 Å². The summed E-state index contributed by atoms with van der Waals surface area (Å²) in [5.41, 5.74) is 3.13. The number of carbonyl (C=O) groups is 3. The molecule has 3 aromatic rings. The van der Waals surface area contributed by atoms with Crippen molar-refractivity contribution in [3.63, 3.8) is 0 Å². The topological polar surface area (TPSA) is 93.8 Å². The molecule has 2 heterocycles. The maximum Gasteiger partial charge on any atom is 0.247 e. The van der Waals surface area contributed by atoms with Crippen molar-refractivity contribution in [2.45, 2.75) is 56.9 Å². The zero-order valence-corrected chi connectivity index (χ0v) is 25.1. The Hall–Kier alpha value is -4.01. The predicted molar refractivity (Wildman–Crippen MR) is 168 cm³/mol. The molecule has 5 rings (SSSR count). The number of carbonyl (C=O) groups excluding carboxylic acids is 3. The summed E-state index contributed by atoms with van der Waals surface area (Å²) in [7, 11) is 1.81. The predicted octanol–water partition coefficient (Wildman–Crippen LogP) is 3.50. The van der Waals surface area contributed by atoms with E-state index in [0.29, 0.717) is 26.1 Å². The highest BCUT2D eigenvalue weighted by Gasteiger charge is 2.45. The first-order chi connectivity index (χ1) is 20.9. The molecule has 4 atom stereocenters. The minimum Gasteiger partial charge on any atom is -0.343 e. The highest BCUT2D eigenvalue weighted by molar-refractivity contribution is 5.93. The molecule has 8 nitrogen and oxygen atoms in total. The van der Waals surface area contributed by atoms with Gasteiger partial charge in [-0.15, -0.1) is 0 Å². The molecule has 2 fully saturated rings. The van der Waals surface area contributed by atoms with Crippen LogP contribution in [-0.2, 0) is 20.9 Å². The van der Waals surface area contributed by atoms with Crippen molar-refractivity contribution >= 4 is 17.7 Å². The molecule has 3 aromatic carbocycles. The number of hydrogen-bond acceptors (Lipinski definition) is 5. The van der Waals surface area contributed by atoms with Gasteiger partial charge in [0.15, 0.2) is 0 Å². The molecule has 0 aromatic heterocycles. The van der Waals surface area contributed by atoms with Crippen LogP contribution in [-0.4, -0.2) is 72.3 Å². The highest BCUT2D eigenvalue weighted by Crippen LogP contribution is 2.31. The van der Waals surface area contributed by atoms with Gasteiger partial charge in [-0.3, -0.25) is 19.3 Å². The number of nitrogens with one attached hydrogen (secondary N) is 3. The van der Waals surface area contributed by atoms with Crippen LogP contribution < -0.4 is 16.0 Å². The van der Waals surface area contributed by atoms with Gasteiger partial charge in [-0.25, -0.2) is 0 Å². The van der Waals surface area contributed by atoms with Crippen LogP contribution in [0.5, 0.6) is 0 Å². The monoisotopic (exact) mass is 581 g/mol. The summed E-state index contributed by atoms with van der Waals surface area (Å²) >= 11 is 0. The molecular weight excluding hydrogens is 538 g/mol. The maximum absolute atomic E-state index is 14.3. The minimum atomic E-state index is -0.745. The summed E-state index contributed by atoms with van der Waals surface area (Å²) < 4.78 is 0. The molecule has 0 radical (unpaired) electrons. The van der Waals surface area contributed by atoms with Crippen LogP contribution in [0.15, 0.2) is 91.0 Å². The number of fused-ring (bicyclic) bond motifs is 1. The van der Waals surface area contributed by atoms with Crippen molar-refractivity contribution in [3.05, 3.63) is 108 Å². The summed E-state index contributed by atoms with van der Waals surface area (Å²) in [4.78, 5) is 45.5. The van der Waals surface area contributed by atoms with Gasteiger partial charge in [0, 0.05) is 38.1 Å². The molecule has 2 saturated heterocycles. The van der Waals surface area contributed by atoms with Crippen LogP contribution in [0.1, 0.15) is 48.9 Å². The van der Waals surface area contributed by atoms with Gasteiger partial charge in [-0.05, 0) is 43.0 Å². The normalized spacial score (nSPS) is 21.5. The Bertz CT molecular complexity index is 1310. The first-order valence-electron chi connectivity index (χ1n) is 15.4. The Kier molecular flexibility index (Phi) is 10.2. The average Bonchev–Trinajstić information content (AvgIpc) is 3.46. The lowest BCUT2D eigenvalue weighted by molar-refractivity contribution is -0.145.